The van der Waals surface area contributed by atoms with E-state index in [0.717, 1.165) is 5.76 Å². The third kappa shape index (κ3) is 3.08. The summed E-state index contributed by atoms with van der Waals surface area (Å²) in [7, 11) is 1.70. The maximum Gasteiger partial charge on any atom is 0.115 e. The normalized spacial score (nSPS) is 11.0. The Bertz CT molecular complexity index is 793. The van der Waals surface area contributed by atoms with Crippen molar-refractivity contribution in [1.82, 2.24) is 0 Å². The molecule has 0 aliphatic heterocycles. The summed E-state index contributed by atoms with van der Waals surface area (Å²) in [5, 5.41) is 5.12. The summed E-state index contributed by atoms with van der Waals surface area (Å²) >= 11 is 0. The van der Waals surface area contributed by atoms with Crippen molar-refractivity contribution in [2.45, 2.75) is 6.92 Å². The number of ether oxygens (including phenoxy) is 1. The van der Waals surface area contributed by atoms with E-state index >= 15 is 0 Å². The van der Waals surface area contributed by atoms with Crippen LogP contribution < -0.4 is 15.9 Å². The predicted octanol–water partition coefficient (Wildman–Crippen LogP) is 4.33. The van der Waals surface area contributed by atoms with Gasteiger partial charge in [0.2, 0.25) is 0 Å². The second-order valence-corrected chi connectivity index (χ2v) is 9.45. The van der Waals surface area contributed by atoms with E-state index in [9.17, 15) is 0 Å². The van der Waals surface area contributed by atoms with Gasteiger partial charge in [-0.1, -0.05) is 97.6 Å². The standard InChI is InChI=1S/C23H23OP/c1-19(24-3)20(2)25(21-13-7-4-8-14-21,22-15-9-5-10-16-22)23-17-11-6-12-18-23/h4-18H,1H2,2-3H3. The van der Waals surface area contributed by atoms with Crippen LogP contribution in [0.5, 0.6) is 0 Å². The largest absolute Gasteiger partial charge is 0.497 e. The first-order chi connectivity index (χ1) is 12.2. The van der Waals surface area contributed by atoms with E-state index in [-0.39, 0.29) is 0 Å². The highest BCUT2D eigenvalue weighted by molar-refractivity contribution is 7.95. The number of hydrogen-bond donors (Lipinski definition) is 0. The van der Waals surface area contributed by atoms with E-state index < -0.39 is 6.89 Å². The molecule has 0 bridgehead atoms. The molecule has 0 spiro atoms. The van der Waals surface area contributed by atoms with E-state index in [1.165, 1.54) is 21.2 Å². The van der Waals surface area contributed by atoms with Crippen molar-refractivity contribution in [2.75, 3.05) is 7.11 Å². The van der Waals surface area contributed by atoms with Gasteiger partial charge in [0.1, 0.15) is 5.76 Å². The molecular formula is C23H23OP. The van der Waals surface area contributed by atoms with Crippen molar-refractivity contribution in [3.05, 3.63) is 103 Å². The Labute approximate surface area is 150 Å². The summed E-state index contributed by atoms with van der Waals surface area (Å²) in [5.74, 6) is 0.741. The van der Waals surface area contributed by atoms with Gasteiger partial charge in [-0.05, 0) is 29.7 Å². The van der Waals surface area contributed by atoms with Crippen LogP contribution in [0, 0.1) is 0 Å². The van der Waals surface area contributed by atoms with Gasteiger partial charge in [0.25, 0.3) is 0 Å². The summed E-state index contributed by atoms with van der Waals surface area (Å²) in [5.41, 5.74) is 0. The molecule has 0 aliphatic carbocycles. The van der Waals surface area contributed by atoms with Gasteiger partial charge in [-0.2, -0.15) is 0 Å². The van der Waals surface area contributed by atoms with Crippen LogP contribution in [0.15, 0.2) is 103 Å². The monoisotopic (exact) mass is 346 g/mol. The Morgan fingerprint density at radius 1 is 0.680 bits per heavy atom. The van der Waals surface area contributed by atoms with Gasteiger partial charge >= 0.3 is 0 Å². The maximum atomic E-state index is 5.58. The highest BCUT2D eigenvalue weighted by atomic mass is 31.2. The average molecular weight is 346 g/mol. The van der Waals surface area contributed by atoms with Crippen LogP contribution >= 0.6 is 6.89 Å². The van der Waals surface area contributed by atoms with E-state index in [0.29, 0.717) is 0 Å². The van der Waals surface area contributed by atoms with Crippen molar-refractivity contribution in [3.63, 3.8) is 0 Å². The minimum absolute atomic E-state index is 0.741. The van der Waals surface area contributed by atoms with E-state index in [1.54, 1.807) is 7.11 Å². The molecule has 0 aliphatic rings. The molecule has 1 nitrogen and oxygen atoms in total. The molecular weight excluding hydrogens is 323 g/mol. The fourth-order valence-corrected chi connectivity index (χ4v) is 7.70. The second kappa shape index (κ2) is 7.59. The molecule has 2 heteroatoms. The zero-order valence-corrected chi connectivity index (χ0v) is 15.6. The van der Waals surface area contributed by atoms with Gasteiger partial charge in [0.15, 0.2) is 0 Å². The summed E-state index contributed by atoms with van der Waals surface area (Å²) in [6.45, 7) is 4.32. The van der Waals surface area contributed by atoms with Crippen LogP contribution in [-0.4, -0.2) is 12.4 Å². The van der Waals surface area contributed by atoms with E-state index in [4.69, 9.17) is 4.74 Å². The fourth-order valence-electron chi connectivity index (χ4n) is 3.32. The summed E-state index contributed by atoms with van der Waals surface area (Å²) in [4.78, 5) is 0. The Balaban J connectivity index is 2.52. The Hall–Kier alpha value is -2.50. The van der Waals surface area contributed by atoms with Crippen molar-refractivity contribution < 1.29 is 4.74 Å². The third-order valence-corrected chi connectivity index (χ3v) is 9.06. The molecule has 3 aromatic rings. The topological polar surface area (TPSA) is 9.23 Å². The Morgan fingerprint density at radius 2 is 1.00 bits per heavy atom. The maximum absolute atomic E-state index is 5.58. The van der Waals surface area contributed by atoms with Crippen LogP contribution in [0.25, 0.3) is 0 Å². The molecule has 0 atom stereocenters. The highest BCUT2D eigenvalue weighted by Gasteiger charge is 2.29. The molecule has 0 fully saturated rings. The van der Waals surface area contributed by atoms with E-state index in [1.807, 2.05) is 0 Å². The van der Waals surface area contributed by atoms with Crippen LogP contribution in [0.4, 0.5) is 0 Å². The smallest absolute Gasteiger partial charge is 0.115 e. The molecule has 0 saturated heterocycles. The molecule has 25 heavy (non-hydrogen) atoms. The van der Waals surface area contributed by atoms with Crippen LogP contribution in [0.2, 0.25) is 0 Å². The lowest BCUT2D eigenvalue weighted by molar-refractivity contribution is 0.317. The molecule has 0 radical (unpaired) electrons. The molecule has 0 aromatic heterocycles. The van der Waals surface area contributed by atoms with Crippen molar-refractivity contribution in [3.8, 4) is 0 Å². The first-order valence-corrected chi connectivity index (χ1v) is 10.1. The summed E-state index contributed by atoms with van der Waals surface area (Å²) in [6.07, 6.45) is 0. The molecule has 0 saturated carbocycles. The van der Waals surface area contributed by atoms with Gasteiger partial charge in [-0.25, -0.2) is 0 Å². The molecule has 126 valence electrons. The molecule has 3 aromatic carbocycles. The van der Waals surface area contributed by atoms with Gasteiger partial charge in [0, 0.05) is 5.29 Å². The summed E-state index contributed by atoms with van der Waals surface area (Å²) in [6, 6.07) is 32.2. The van der Waals surface area contributed by atoms with Crippen LogP contribution in [-0.2, 0) is 4.74 Å². The number of hydrogen-bond acceptors (Lipinski definition) is 1. The number of methoxy groups -OCH3 is 1. The Morgan fingerprint density at radius 3 is 1.28 bits per heavy atom. The van der Waals surface area contributed by atoms with Crippen LogP contribution in [0.1, 0.15) is 6.92 Å². The lowest BCUT2D eigenvalue weighted by atomic mass is 10.3. The SMILES string of the molecule is C=C(OC)C(C)=P(c1ccccc1)(c1ccccc1)c1ccccc1. The molecule has 0 amide bonds. The molecule has 0 heterocycles. The lowest BCUT2D eigenvalue weighted by Crippen LogP contribution is -2.30. The zero-order chi connectivity index (χ0) is 17.7. The van der Waals surface area contributed by atoms with Gasteiger partial charge in [0.05, 0.1) is 7.11 Å². The van der Waals surface area contributed by atoms with Crippen molar-refractivity contribution >= 4 is 28.1 Å². The Kier molecular flexibility index (Phi) is 5.26. The van der Waals surface area contributed by atoms with Gasteiger partial charge in [-0.3, -0.25) is 0 Å². The highest BCUT2D eigenvalue weighted by Crippen LogP contribution is 2.47. The minimum atomic E-state index is -2.02. The van der Waals surface area contributed by atoms with Gasteiger partial charge in [-0.15, -0.1) is 0 Å². The lowest BCUT2D eigenvalue weighted by Gasteiger charge is -2.32. The zero-order valence-electron chi connectivity index (χ0n) is 14.7. The van der Waals surface area contributed by atoms with Crippen LogP contribution in [0.3, 0.4) is 0 Å². The fraction of sp³-hybridized carbons (Fsp3) is 0.0870. The minimum Gasteiger partial charge on any atom is -0.497 e. The first kappa shape index (κ1) is 17.3. The second-order valence-electron chi connectivity index (χ2n) is 5.89. The molecule has 3 rings (SSSR count). The quantitative estimate of drug-likeness (QED) is 0.493. The number of rotatable bonds is 5. The third-order valence-electron chi connectivity index (χ3n) is 4.58. The number of allylic oxidation sites excluding steroid dienone is 1. The number of benzene rings is 3. The van der Waals surface area contributed by atoms with Gasteiger partial charge < -0.3 is 4.74 Å². The van der Waals surface area contributed by atoms with Crippen molar-refractivity contribution in [2.24, 2.45) is 0 Å². The molecule has 0 unspecified atom stereocenters. The summed E-state index contributed by atoms with van der Waals surface area (Å²) < 4.78 is 5.58. The van der Waals surface area contributed by atoms with E-state index in [2.05, 4.69) is 104 Å². The first-order valence-electron chi connectivity index (χ1n) is 8.34. The van der Waals surface area contributed by atoms with Crippen molar-refractivity contribution in [1.29, 1.82) is 0 Å². The molecule has 0 N–H and O–H groups in total. The average Bonchev–Trinajstić information content (AvgIpc) is 2.70. The predicted molar refractivity (Wildman–Crippen MR) is 112 cm³/mol.